The summed E-state index contributed by atoms with van der Waals surface area (Å²) < 4.78 is 0.582. The quantitative estimate of drug-likeness (QED) is 0.268. The Bertz CT molecular complexity index is 732. The molecule has 1 aliphatic rings. The van der Waals surface area contributed by atoms with Crippen molar-refractivity contribution in [3.63, 3.8) is 0 Å². The van der Waals surface area contributed by atoms with Crippen molar-refractivity contribution in [2.45, 2.75) is 65.8 Å². The van der Waals surface area contributed by atoms with Crippen molar-refractivity contribution in [1.82, 2.24) is 10.2 Å². The second-order valence-corrected chi connectivity index (χ2v) is 11.4. The minimum Gasteiger partial charge on any atom is -0.368 e. The third kappa shape index (κ3) is 7.57. The van der Waals surface area contributed by atoms with E-state index in [2.05, 4.69) is 50.5 Å². The molecule has 1 aromatic carbocycles. The average molecular weight is 467 g/mol. The molecule has 2 rings (SSSR count). The molecule has 0 radical (unpaired) electrons. The molecular formula is C23H34N2S4. The fourth-order valence-corrected chi connectivity index (χ4v) is 5.84. The number of thiol groups is 1. The molecule has 1 saturated carbocycles. The van der Waals surface area contributed by atoms with Crippen molar-refractivity contribution in [3.05, 3.63) is 35.9 Å². The van der Waals surface area contributed by atoms with Gasteiger partial charge in [0.05, 0.1) is 4.86 Å². The number of nitrogens with zero attached hydrogens (tertiary/aromatic N) is 1. The third-order valence-corrected chi connectivity index (χ3v) is 6.91. The molecular weight excluding hydrogens is 433 g/mol. The Morgan fingerprint density at radius 2 is 1.79 bits per heavy atom. The molecule has 2 unspecified atom stereocenters. The number of nitrogens with one attached hydrogen (secondary N) is 1. The van der Waals surface area contributed by atoms with Gasteiger partial charge in [0, 0.05) is 19.1 Å². The molecule has 29 heavy (non-hydrogen) atoms. The van der Waals surface area contributed by atoms with Crippen LogP contribution in [0, 0.1) is 10.8 Å². The van der Waals surface area contributed by atoms with Gasteiger partial charge in [0.1, 0.15) is 9.31 Å². The first-order valence-electron chi connectivity index (χ1n) is 10.4. The molecule has 0 heterocycles. The predicted octanol–water partition coefficient (Wildman–Crippen LogP) is 6.22. The average Bonchev–Trinajstić information content (AvgIpc) is 2.62. The van der Waals surface area contributed by atoms with E-state index in [1.165, 1.54) is 0 Å². The second kappa shape index (κ2) is 10.7. The number of hydrogen-bond donors (Lipinski definition) is 2. The third-order valence-electron chi connectivity index (χ3n) is 5.64. The summed E-state index contributed by atoms with van der Waals surface area (Å²) in [4.78, 5) is 3.94. The number of thiocarbonyl (C=S) groups is 3. The van der Waals surface area contributed by atoms with Crippen LogP contribution in [-0.2, 0) is 0 Å². The Morgan fingerprint density at radius 3 is 2.38 bits per heavy atom. The summed E-state index contributed by atoms with van der Waals surface area (Å²) in [6.45, 7) is 11.2. The van der Waals surface area contributed by atoms with Crippen LogP contribution in [0.15, 0.2) is 30.3 Å². The predicted molar refractivity (Wildman–Crippen MR) is 141 cm³/mol. The van der Waals surface area contributed by atoms with Crippen LogP contribution in [0.25, 0.3) is 0 Å². The summed E-state index contributed by atoms with van der Waals surface area (Å²) in [6.07, 6.45) is 5.56. The molecule has 0 saturated heterocycles. The van der Waals surface area contributed by atoms with Gasteiger partial charge >= 0.3 is 0 Å². The van der Waals surface area contributed by atoms with E-state index in [4.69, 9.17) is 36.7 Å². The summed E-state index contributed by atoms with van der Waals surface area (Å²) in [6, 6.07) is 10.5. The molecule has 0 spiro atoms. The Balaban J connectivity index is 2.21. The van der Waals surface area contributed by atoms with Crippen molar-refractivity contribution < 1.29 is 0 Å². The van der Waals surface area contributed by atoms with Gasteiger partial charge in [-0.15, -0.1) is 12.6 Å². The molecule has 1 fully saturated rings. The summed E-state index contributed by atoms with van der Waals surface area (Å²) in [5, 5.41) is 3.41. The van der Waals surface area contributed by atoms with E-state index in [0.717, 1.165) is 60.6 Å². The molecule has 1 N–H and O–H groups in total. The van der Waals surface area contributed by atoms with E-state index < -0.39 is 0 Å². The highest BCUT2D eigenvalue weighted by atomic mass is 32.1. The highest BCUT2D eigenvalue weighted by Gasteiger charge is 2.42. The molecule has 2 nitrogen and oxygen atoms in total. The van der Waals surface area contributed by atoms with Gasteiger partial charge in [-0.05, 0) is 42.1 Å². The first-order chi connectivity index (χ1) is 13.6. The maximum Gasteiger partial charge on any atom is 0.130 e. The van der Waals surface area contributed by atoms with E-state index in [1.54, 1.807) is 0 Å². The molecule has 0 amide bonds. The standard InChI is InChI=1S/C23H34N2S4/c1-5-6-12-25(20(27)19(26)17-10-8-7-9-11-17)16-23(4)14-18(24-21(28)29)13-22(2,3)15-23/h7-11,18H,5-6,12-16H2,1-4H3,(H2,24,28,29). The fraction of sp³-hybridized carbons (Fsp3) is 0.609. The van der Waals surface area contributed by atoms with Crippen LogP contribution in [-0.4, -0.2) is 38.2 Å². The largest absolute Gasteiger partial charge is 0.368 e. The van der Waals surface area contributed by atoms with Crippen molar-refractivity contribution in [2.24, 2.45) is 10.8 Å². The molecule has 0 aliphatic heterocycles. The minimum absolute atomic E-state index is 0.127. The molecule has 6 heteroatoms. The van der Waals surface area contributed by atoms with Crippen LogP contribution in [0.2, 0.25) is 0 Å². The number of hydrogen-bond acceptors (Lipinski definition) is 3. The molecule has 0 aromatic heterocycles. The number of unbranched alkanes of at least 4 members (excludes halogenated alkanes) is 1. The van der Waals surface area contributed by atoms with E-state index in [9.17, 15) is 0 Å². The fourth-order valence-electron chi connectivity index (χ4n) is 4.95. The molecule has 1 aromatic rings. The van der Waals surface area contributed by atoms with Crippen molar-refractivity contribution in [1.29, 1.82) is 0 Å². The lowest BCUT2D eigenvalue weighted by molar-refractivity contribution is 0.0593. The van der Waals surface area contributed by atoms with Gasteiger partial charge in [-0.25, -0.2) is 0 Å². The van der Waals surface area contributed by atoms with E-state index in [1.807, 2.05) is 30.3 Å². The monoisotopic (exact) mass is 466 g/mol. The van der Waals surface area contributed by atoms with E-state index in [-0.39, 0.29) is 10.8 Å². The van der Waals surface area contributed by atoms with Crippen LogP contribution >= 0.6 is 49.3 Å². The summed E-state index contributed by atoms with van der Waals surface area (Å²) in [5.74, 6) is 0. The topological polar surface area (TPSA) is 15.3 Å². The van der Waals surface area contributed by atoms with Gasteiger partial charge in [-0.2, -0.15) is 0 Å². The van der Waals surface area contributed by atoms with Gasteiger partial charge < -0.3 is 10.2 Å². The first kappa shape index (κ1) is 24.7. The second-order valence-electron chi connectivity index (χ2n) is 9.48. The highest BCUT2D eigenvalue weighted by molar-refractivity contribution is 8.11. The summed E-state index contributed by atoms with van der Waals surface area (Å²) in [7, 11) is 0. The van der Waals surface area contributed by atoms with Gasteiger partial charge in [-0.3, -0.25) is 0 Å². The van der Waals surface area contributed by atoms with Crippen molar-refractivity contribution in [2.75, 3.05) is 13.1 Å². The first-order valence-corrected chi connectivity index (χ1v) is 12.1. The zero-order valence-corrected chi connectivity index (χ0v) is 21.4. The van der Waals surface area contributed by atoms with Gasteiger partial charge in [-0.1, -0.05) is 101 Å². The number of rotatable bonds is 8. The lowest BCUT2D eigenvalue weighted by Gasteiger charge is -2.49. The van der Waals surface area contributed by atoms with Crippen LogP contribution in [0.4, 0.5) is 0 Å². The highest BCUT2D eigenvalue weighted by Crippen LogP contribution is 2.46. The maximum atomic E-state index is 5.90. The van der Waals surface area contributed by atoms with Crippen molar-refractivity contribution in [3.8, 4) is 0 Å². The lowest BCUT2D eigenvalue weighted by atomic mass is 9.62. The molecule has 1 aliphatic carbocycles. The summed E-state index contributed by atoms with van der Waals surface area (Å²) in [5.41, 5.74) is 1.40. The van der Waals surface area contributed by atoms with Gasteiger partial charge in [0.2, 0.25) is 0 Å². The van der Waals surface area contributed by atoms with Crippen LogP contribution in [0.1, 0.15) is 65.4 Å². The van der Waals surface area contributed by atoms with E-state index >= 15 is 0 Å². The molecule has 2 atom stereocenters. The maximum absolute atomic E-state index is 5.90. The number of benzene rings is 1. The smallest absolute Gasteiger partial charge is 0.130 e. The van der Waals surface area contributed by atoms with Gasteiger partial charge in [0.15, 0.2) is 0 Å². The summed E-state index contributed by atoms with van der Waals surface area (Å²) >= 11 is 21.2. The Kier molecular flexibility index (Phi) is 9.07. The van der Waals surface area contributed by atoms with Crippen LogP contribution in [0.5, 0.6) is 0 Å². The zero-order valence-electron chi connectivity index (χ0n) is 18.0. The Labute approximate surface area is 198 Å². The molecule has 160 valence electrons. The van der Waals surface area contributed by atoms with E-state index in [0.29, 0.717) is 10.4 Å². The van der Waals surface area contributed by atoms with Gasteiger partial charge in [0.25, 0.3) is 0 Å². The van der Waals surface area contributed by atoms with Crippen molar-refractivity contribution >= 4 is 63.5 Å². The zero-order chi connectivity index (χ0) is 21.7. The minimum atomic E-state index is 0.127. The van der Waals surface area contributed by atoms with Crippen LogP contribution in [0.3, 0.4) is 0 Å². The molecule has 0 bridgehead atoms. The lowest BCUT2D eigenvalue weighted by Crippen LogP contribution is -2.51. The Morgan fingerprint density at radius 1 is 1.14 bits per heavy atom. The Hall–Kier alpha value is -0.560. The van der Waals surface area contributed by atoms with Crippen LogP contribution < -0.4 is 5.32 Å². The normalized spacial score (nSPS) is 23.3. The SMILES string of the molecule is CCCCN(CC1(C)CC(NC(=S)S)CC(C)(C)C1)C(=S)C(=S)c1ccccc1.